The first-order valence-electron chi connectivity index (χ1n) is 9.86. The summed E-state index contributed by atoms with van der Waals surface area (Å²) < 4.78 is 1.80. The molecule has 1 saturated carbocycles. The number of fused-ring (bicyclic) bond motifs is 1. The summed E-state index contributed by atoms with van der Waals surface area (Å²) in [6, 6.07) is 7.22. The molecule has 28 heavy (non-hydrogen) atoms. The third-order valence-electron chi connectivity index (χ3n) is 6.37. The third kappa shape index (κ3) is 3.30. The molecule has 1 aliphatic carbocycles. The van der Waals surface area contributed by atoms with Crippen LogP contribution in [-0.4, -0.2) is 33.0 Å². The standard InChI is InChI=1S/C21H25ClN4O2/c1-2-21(7-4-8-21)12-17(27)25-9-10-26-16(13-25)18(20(23)28)19(24-26)14-5-3-6-15(22)11-14/h3,5-6,11H,2,4,7-10,12-13H2,1H3,(H2,23,28). The first-order chi connectivity index (χ1) is 13.4. The van der Waals surface area contributed by atoms with Crippen LogP contribution < -0.4 is 5.73 Å². The van der Waals surface area contributed by atoms with Crippen LogP contribution >= 0.6 is 11.6 Å². The molecular formula is C21H25ClN4O2. The maximum absolute atomic E-state index is 12.9. The smallest absolute Gasteiger partial charge is 0.252 e. The third-order valence-corrected chi connectivity index (χ3v) is 6.60. The molecule has 0 bridgehead atoms. The number of halogens is 1. The van der Waals surface area contributed by atoms with E-state index in [1.165, 1.54) is 6.42 Å². The second-order valence-electron chi connectivity index (χ2n) is 7.97. The van der Waals surface area contributed by atoms with Crippen LogP contribution in [0.3, 0.4) is 0 Å². The van der Waals surface area contributed by atoms with Gasteiger partial charge in [0.1, 0.15) is 5.69 Å². The SMILES string of the molecule is CCC1(CC(=O)N2CCn3nc(-c4cccc(Cl)c4)c(C(N)=O)c3C2)CCC1. The van der Waals surface area contributed by atoms with Gasteiger partial charge in [0.2, 0.25) is 5.91 Å². The summed E-state index contributed by atoms with van der Waals surface area (Å²) in [7, 11) is 0. The molecule has 1 aromatic heterocycles. The second-order valence-corrected chi connectivity index (χ2v) is 8.40. The molecule has 2 aliphatic rings. The molecule has 0 atom stereocenters. The average molecular weight is 401 g/mol. The Balaban J connectivity index is 1.63. The topological polar surface area (TPSA) is 81.2 Å². The van der Waals surface area contributed by atoms with E-state index in [9.17, 15) is 9.59 Å². The summed E-state index contributed by atoms with van der Waals surface area (Å²) in [5, 5.41) is 5.18. The van der Waals surface area contributed by atoms with E-state index in [0.29, 0.717) is 48.0 Å². The summed E-state index contributed by atoms with van der Waals surface area (Å²) in [5.41, 5.74) is 8.25. The molecule has 2 N–H and O–H groups in total. The van der Waals surface area contributed by atoms with Crippen molar-refractivity contribution in [2.75, 3.05) is 6.54 Å². The van der Waals surface area contributed by atoms with Crippen molar-refractivity contribution in [3.8, 4) is 11.3 Å². The highest BCUT2D eigenvalue weighted by Gasteiger charge is 2.39. The van der Waals surface area contributed by atoms with Gasteiger partial charge in [0.15, 0.2) is 0 Å². The van der Waals surface area contributed by atoms with Crippen molar-refractivity contribution < 1.29 is 9.59 Å². The number of aromatic nitrogens is 2. The van der Waals surface area contributed by atoms with Gasteiger partial charge in [-0.2, -0.15) is 5.10 Å². The minimum absolute atomic E-state index is 0.161. The van der Waals surface area contributed by atoms with Crippen LogP contribution in [0.4, 0.5) is 0 Å². The molecule has 0 saturated heterocycles. The van der Waals surface area contributed by atoms with Crippen LogP contribution in [0, 0.1) is 5.41 Å². The highest BCUT2D eigenvalue weighted by molar-refractivity contribution is 6.30. The molecule has 1 aromatic carbocycles. The lowest BCUT2D eigenvalue weighted by atomic mass is 9.65. The molecule has 2 aromatic rings. The zero-order valence-corrected chi connectivity index (χ0v) is 16.8. The highest BCUT2D eigenvalue weighted by atomic mass is 35.5. The molecule has 2 amide bonds. The fraction of sp³-hybridized carbons (Fsp3) is 0.476. The zero-order chi connectivity index (χ0) is 19.9. The normalized spacial score (nSPS) is 17.7. The molecular weight excluding hydrogens is 376 g/mol. The number of rotatable bonds is 5. The number of nitrogens with zero attached hydrogens (tertiary/aromatic N) is 3. The Kier molecular flexibility index (Phi) is 4.91. The Labute approximate surface area is 169 Å². The fourth-order valence-electron chi connectivity index (χ4n) is 4.39. The average Bonchev–Trinajstić information content (AvgIpc) is 3.03. The van der Waals surface area contributed by atoms with Gasteiger partial charge in [-0.3, -0.25) is 14.3 Å². The Bertz CT molecular complexity index is 927. The molecule has 6 nitrogen and oxygen atoms in total. The summed E-state index contributed by atoms with van der Waals surface area (Å²) in [6.07, 6.45) is 5.10. The van der Waals surface area contributed by atoms with Crippen molar-refractivity contribution in [3.05, 3.63) is 40.5 Å². The summed E-state index contributed by atoms with van der Waals surface area (Å²) in [4.78, 5) is 27.0. The quantitative estimate of drug-likeness (QED) is 0.832. The Morgan fingerprint density at radius 1 is 1.29 bits per heavy atom. The molecule has 1 aliphatic heterocycles. The summed E-state index contributed by atoms with van der Waals surface area (Å²) in [5.74, 6) is -0.372. The van der Waals surface area contributed by atoms with Crippen molar-refractivity contribution in [3.63, 3.8) is 0 Å². The summed E-state index contributed by atoms with van der Waals surface area (Å²) in [6.45, 7) is 3.69. The lowest BCUT2D eigenvalue weighted by molar-refractivity contribution is -0.137. The molecule has 0 unspecified atom stereocenters. The molecule has 4 rings (SSSR count). The lowest BCUT2D eigenvalue weighted by Gasteiger charge is -2.42. The van der Waals surface area contributed by atoms with Gasteiger partial charge in [0.25, 0.3) is 5.91 Å². The van der Waals surface area contributed by atoms with E-state index in [4.69, 9.17) is 17.3 Å². The van der Waals surface area contributed by atoms with Crippen LogP contribution in [0.1, 0.15) is 55.1 Å². The number of amides is 2. The number of primary amides is 1. The maximum Gasteiger partial charge on any atom is 0.252 e. The van der Waals surface area contributed by atoms with Crippen LogP contribution in [0.2, 0.25) is 5.02 Å². The Hall–Kier alpha value is -2.34. The zero-order valence-electron chi connectivity index (χ0n) is 16.1. The molecule has 1 fully saturated rings. The highest BCUT2D eigenvalue weighted by Crippen LogP contribution is 2.47. The van der Waals surface area contributed by atoms with Crippen molar-refractivity contribution in [2.24, 2.45) is 11.1 Å². The predicted molar refractivity (Wildman–Crippen MR) is 108 cm³/mol. The van der Waals surface area contributed by atoms with Crippen molar-refractivity contribution >= 4 is 23.4 Å². The van der Waals surface area contributed by atoms with Gasteiger partial charge in [-0.1, -0.05) is 37.1 Å². The van der Waals surface area contributed by atoms with Crippen molar-refractivity contribution in [1.82, 2.24) is 14.7 Å². The molecule has 7 heteroatoms. The molecule has 2 heterocycles. The van der Waals surface area contributed by atoms with Crippen LogP contribution in [0.15, 0.2) is 24.3 Å². The van der Waals surface area contributed by atoms with E-state index in [1.54, 1.807) is 16.8 Å². The number of hydrogen-bond acceptors (Lipinski definition) is 3. The Morgan fingerprint density at radius 3 is 2.68 bits per heavy atom. The lowest BCUT2D eigenvalue weighted by Crippen LogP contribution is -2.43. The molecule has 0 radical (unpaired) electrons. The monoisotopic (exact) mass is 400 g/mol. The van der Waals surface area contributed by atoms with E-state index in [1.807, 2.05) is 17.0 Å². The van der Waals surface area contributed by atoms with E-state index in [0.717, 1.165) is 24.8 Å². The van der Waals surface area contributed by atoms with Gasteiger partial charge >= 0.3 is 0 Å². The Morgan fingerprint density at radius 2 is 2.07 bits per heavy atom. The van der Waals surface area contributed by atoms with Gasteiger partial charge in [0.05, 0.1) is 24.3 Å². The molecule has 148 valence electrons. The minimum atomic E-state index is -0.533. The number of hydrogen-bond donors (Lipinski definition) is 1. The number of benzene rings is 1. The van der Waals surface area contributed by atoms with Gasteiger partial charge < -0.3 is 10.6 Å². The largest absolute Gasteiger partial charge is 0.365 e. The van der Waals surface area contributed by atoms with Gasteiger partial charge in [-0.05, 0) is 36.8 Å². The predicted octanol–water partition coefficient (Wildman–Crippen LogP) is 3.62. The van der Waals surface area contributed by atoms with Gasteiger partial charge in [-0.15, -0.1) is 0 Å². The van der Waals surface area contributed by atoms with Crippen LogP contribution in [-0.2, 0) is 17.9 Å². The molecule has 0 spiro atoms. The minimum Gasteiger partial charge on any atom is -0.365 e. The van der Waals surface area contributed by atoms with Gasteiger partial charge in [0, 0.05) is 23.6 Å². The second kappa shape index (κ2) is 7.24. The van der Waals surface area contributed by atoms with Crippen molar-refractivity contribution in [1.29, 1.82) is 0 Å². The first kappa shape index (κ1) is 19.0. The maximum atomic E-state index is 12.9. The number of nitrogens with two attached hydrogens (primary N) is 1. The van der Waals surface area contributed by atoms with E-state index >= 15 is 0 Å². The summed E-state index contributed by atoms with van der Waals surface area (Å²) >= 11 is 6.11. The van der Waals surface area contributed by atoms with Crippen molar-refractivity contribution in [2.45, 2.75) is 52.1 Å². The number of carbonyl (C=O) groups excluding carboxylic acids is 2. The fourth-order valence-corrected chi connectivity index (χ4v) is 4.58. The van der Waals surface area contributed by atoms with Gasteiger partial charge in [-0.25, -0.2) is 0 Å². The first-order valence-corrected chi connectivity index (χ1v) is 10.2. The van der Waals surface area contributed by atoms with E-state index in [2.05, 4.69) is 12.0 Å². The van der Waals surface area contributed by atoms with E-state index < -0.39 is 5.91 Å². The van der Waals surface area contributed by atoms with E-state index in [-0.39, 0.29) is 11.3 Å². The number of carbonyl (C=O) groups is 2. The van der Waals surface area contributed by atoms with Crippen LogP contribution in [0.25, 0.3) is 11.3 Å². The van der Waals surface area contributed by atoms with Crippen LogP contribution in [0.5, 0.6) is 0 Å².